The molecule has 14 heteroatoms. The molecule has 0 bridgehead atoms. The van der Waals surface area contributed by atoms with Gasteiger partial charge in [0.05, 0.1) is 58.2 Å². The first-order valence-electron chi connectivity index (χ1n) is 18.3. The SMILES string of the molecule is CCCCCN1C=Nc2cccc3nc4c(c1c23)Cn1c-4cc2c(c1=O)COC(=O)[C@@]2(CC)OC(=O)CC[C@H](NC(=O)[C@@H](N)Cc1ccccc1)C(=O)O. The summed E-state index contributed by atoms with van der Waals surface area (Å²) < 4.78 is 13.0. The summed E-state index contributed by atoms with van der Waals surface area (Å²) in [4.78, 5) is 78.1. The first-order chi connectivity index (χ1) is 26.1. The molecule has 0 saturated heterocycles. The second kappa shape index (κ2) is 14.9. The number of unbranched alkanes of at least 4 members (excludes halogenated alkanes) is 2. The van der Waals surface area contributed by atoms with Gasteiger partial charge < -0.3 is 35.1 Å². The molecule has 0 spiro atoms. The lowest BCUT2D eigenvalue weighted by Gasteiger charge is -2.35. The Balaban J connectivity index is 1.17. The van der Waals surface area contributed by atoms with Gasteiger partial charge in [-0.05, 0) is 49.4 Å². The van der Waals surface area contributed by atoms with Crippen molar-refractivity contribution in [2.24, 2.45) is 10.7 Å². The second-order valence-electron chi connectivity index (χ2n) is 13.9. The highest BCUT2D eigenvalue weighted by atomic mass is 16.6. The van der Waals surface area contributed by atoms with Crippen LogP contribution in [0.15, 0.2) is 64.4 Å². The molecule has 0 saturated carbocycles. The number of ether oxygens (including phenoxy) is 2. The van der Waals surface area contributed by atoms with Crippen molar-refractivity contribution >= 4 is 52.4 Å². The number of esters is 2. The molecule has 14 nitrogen and oxygen atoms in total. The lowest BCUT2D eigenvalue weighted by molar-refractivity contribution is -0.189. The van der Waals surface area contributed by atoms with Crippen LogP contribution >= 0.6 is 0 Å². The molecule has 54 heavy (non-hydrogen) atoms. The minimum atomic E-state index is -1.97. The monoisotopic (exact) mass is 734 g/mol. The van der Waals surface area contributed by atoms with Gasteiger partial charge in [0.25, 0.3) is 5.56 Å². The average Bonchev–Trinajstić information content (AvgIpc) is 3.54. The van der Waals surface area contributed by atoms with Crippen LogP contribution < -0.4 is 21.5 Å². The number of carbonyl (C=O) groups excluding carboxylic acids is 3. The first-order valence-corrected chi connectivity index (χ1v) is 18.3. The standard InChI is InChI=1S/C40H42N6O8/c1-3-5-9-17-45-22-42-28-13-10-14-29-33(28)35(45)24-20-46-31(34(24)43-29)19-26-25(37(46)49)21-53-39(52)40(26,4-2)54-32(47)16-15-30(38(50)51)44-36(48)27(41)18-23-11-7-6-8-12-23/h6-8,10-14,19,22,27,30H,3-5,9,15-18,20-21,41H2,1-2H3,(H,44,48)(H,50,51)/t27-,30-,40-/m0/s1. The van der Waals surface area contributed by atoms with Crippen molar-refractivity contribution in [1.82, 2.24) is 14.9 Å². The van der Waals surface area contributed by atoms with Crippen molar-refractivity contribution in [2.45, 2.75) is 89.6 Å². The van der Waals surface area contributed by atoms with Crippen molar-refractivity contribution in [1.29, 1.82) is 0 Å². The Kier molecular flexibility index (Phi) is 10.0. The highest BCUT2D eigenvalue weighted by Crippen LogP contribution is 2.47. The number of cyclic esters (lactones) is 1. The number of carbonyl (C=O) groups is 4. The molecule has 2 aromatic carbocycles. The second-order valence-corrected chi connectivity index (χ2v) is 13.9. The summed E-state index contributed by atoms with van der Waals surface area (Å²) in [5.74, 6) is -3.79. The maximum Gasteiger partial charge on any atom is 0.355 e. The molecule has 3 aliphatic rings. The third kappa shape index (κ3) is 6.50. The van der Waals surface area contributed by atoms with Crippen LogP contribution in [-0.2, 0) is 53.8 Å². The lowest BCUT2D eigenvalue weighted by atomic mass is 9.85. The molecule has 0 unspecified atom stereocenters. The molecule has 5 heterocycles. The summed E-state index contributed by atoms with van der Waals surface area (Å²) >= 11 is 0. The molecule has 3 aliphatic heterocycles. The van der Waals surface area contributed by atoms with E-state index in [0.717, 1.165) is 53.7 Å². The maximum absolute atomic E-state index is 14.2. The number of pyridine rings is 2. The summed E-state index contributed by atoms with van der Waals surface area (Å²) in [7, 11) is 0. The highest BCUT2D eigenvalue weighted by molar-refractivity contribution is 6.11. The third-order valence-corrected chi connectivity index (χ3v) is 10.4. The quantitative estimate of drug-likeness (QED) is 0.109. The molecule has 7 rings (SSSR count). The van der Waals surface area contributed by atoms with Crippen molar-refractivity contribution < 1.29 is 33.8 Å². The van der Waals surface area contributed by atoms with Crippen LogP contribution in [0, 0.1) is 0 Å². The third-order valence-electron chi connectivity index (χ3n) is 10.4. The Morgan fingerprint density at radius 2 is 1.87 bits per heavy atom. The number of rotatable bonds is 14. The van der Waals surface area contributed by atoms with Gasteiger partial charge >= 0.3 is 17.9 Å². The molecule has 0 aliphatic carbocycles. The van der Waals surface area contributed by atoms with E-state index in [-0.39, 0.29) is 49.1 Å². The van der Waals surface area contributed by atoms with E-state index in [0.29, 0.717) is 16.9 Å². The molecule has 4 N–H and O–H groups in total. The molecular weight excluding hydrogens is 692 g/mol. The van der Waals surface area contributed by atoms with Crippen LogP contribution in [0.2, 0.25) is 0 Å². The average molecular weight is 735 g/mol. The van der Waals surface area contributed by atoms with Crippen LogP contribution in [0.3, 0.4) is 0 Å². The number of nitrogens with zero attached hydrogens (tertiary/aromatic N) is 4. The fourth-order valence-corrected chi connectivity index (χ4v) is 7.57. The van der Waals surface area contributed by atoms with E-state index in [1.165, 1.54) is 0 Å². The number of nitrogens with two attached hydrogens (primary N) is 1. The van der Waals surface area contributed by atoms with E-state index in [1.807, 2.05) is 30.6 Å². The van der Waals surface area contributed by atoms with Crippen LogP contribution in [0.1, 0.15) is 74.6 Å². The number of anilines is 1. The fourth-order valence-electron chi connectivity index (χ4n) is 7.57. The topological polar surface area (TPSA) is 196 Å². The number of benzene rings is 2. The number of hydrogen-bond acceptors (Lipinski definition) is 11. The van der Waals surface area contributed by atoms with Crippen molar-refractivity contribution in [3.05, 3.63) is 87.2 Å². The summed E-state index contributed by atoms with van der Waals surface area (Å²) in [6.45, 7) is 4.46. The molecular formula is C40H42N6O8. The number of aromatic nitrogens is 2. The summed E-state index contributed by atoms with van der Waals surface area (Å²) in [5.41, 5.74) is 9.27. The number of carboxylic acid groups (broad SMARTS) is 1. The Labute approximate surface area is 311 Å². The van der Waals surface area contributed by atoms with E-state index >= 15 is 0 Å². The minimum absolute atomic E-state index is 0.0603. The van der Waals surface area contributed by atoms with Crippen molar-refractivity contribution in [3.8, 4) is 11.4 Å². The van der Waals surface area contributed by atoms with Crippen molar-refractivity contribution in [2.75, 3.05) is 11.4 Å². The highest BCUT2D eigenvalue weighted by Gasteiger charge is 2.50. The van der Waals surface area contributed by atoms with E-state index in [1.54, 1.807) is 41.8 Å². The fraction of sp³-hybridized carbons (Fsp3) is 0.375. The lowest BCUT2D eigenvalue weighted by Crippen LogP contribution is -2.50. The summed E-state index contributed by atoms with van der Waals surface area (Å²) in [5, 5.41) is 13.2. The van der Waals surface area contributed by atoms with Gasteiger partial charge in [0.1, 0.15) is 12.6 Å². The molecule has 280 valence electrons. The number of amides is 1. The molecule has 0 radical (unpaired) electrons. The van der Waals surface area contributed by atoms with Crippen LogP contribution in [0.5, 0.6) is 0 Å². The van der Waals surface area contributed by atoms with Gasteiger partial charge in [0.15, 0.2) is 0 Å². The maximum atomic E-state index is 14.2. The van der Waals surface area contributed by atoms with Crippen LogP contribution in [0.25, 0.3) is 22.3 Å². The van der Waals surface area contributed by atoms with Gasteiger partial charge in [-0.15, -0.1) is 0 Å². The Hall–Kier alpha value is -5.89. The van der Waals surface area contributed by atoms with Gasteiger partial charge in [-0.2, -0.15) is 0 Å². The molecule has 4 aromatic rings. The number of aliphatic carboxylic acids is 1. The Bertz CT molecular complexity index is 2250. The van der Waals surface area contributed by atoms with Gasteiger partial charge in [-0.3, -0.25) is 14.4 Å². The van der Waals surface area contributed by atoms with Gasteiger partial charge in [0.2, 0.25) is 11.5 Å². The number of aliphatic imine (C=N–C) groups is 1. The van der Waals surface area contributed by atoms with E-state index in [9.17, 15) is 29.1 Å². The number of carboxylic acids is 1. The van der Waals surface area contributed by atoms with Gasteiger partial charge in [-0.25, -0.2) is 19.6 Å². The Morgan fingerprint density at radius 1 is 1.07 bits per heavy atom. The smallest absolute Gasteiger partial charge is 0.355 e. The van der Waals surface area contributed by atoms with E-state index < -0.39 is 47.9 Å². The number of fused-ring (bicyclic) bond motifs is 5. The van der Waals surface area contributed by atoms with Crippen LogP contribution in [-0.4, -0.2) is 63.4 Å². The van der Waals surface area contributed by atoms with Crippen LogP contribution in [0.4, 0.5) is 11.4 Å². The zero-order chi connectivity index (χ0) is 38.1. The number of hydrogen-bond donors (Lipinski definition) is 3. The minimum Gasteiger partial charge on any atom is -0.480 e. The summed E-state index contributed by atoms with van der Waals surface area (Å²) in [6.07, 6.45) is 4.23. The predicted octanol–water partition coefficient (Wildman–Crippen LogP) is 4.22. The normalized spacial score (nSPS) is 17.6. The predicted molar refractivity (Wildman–Crippen MR) is 200 cm³/mol. The largest absolute Gasteiger partial charge is 0.480 e. The molecule has 2 aromatic heterocycles. The van der Waals surface area contributed by atoms with E-state index in [4.69, 9.17) is 25.2 Å². The summed E-state index contributed by atoms with van der Waals surface area (Å²) in [6, 6.07) is 14.0. The zero-order valence-electron chi connectivity index (χ0n) is 30.2. The van der Waals surface area contributed by atoms with E-state index in [2.05, 4.69) is 17.1 Å². The zero-order valence-corrected chi connectivity index (χ0v) is 30.2. The molecule has 0 fully saturated rings. The van der Waals surface area contributed by atoms with Gasteiger partial charge in [0, 0.05) is 24.1 Å². The molecule has 3 atom stereocenters. The Morgan fingerprint density at radius 3 is 2.61 bits per heavy atom. The van der Waals surface area contributed by atoms with Crippen molar-refractivity contribution in [3.63, 3.8) is 0 Å². The number of nitrogens with one attached hydrogen (secondary N) is 1. The van der Waals surface area contributed by atoms with Gasteiger partial charge in [-0.1, -0.05) is 63.1 Å². The first kappa shape index (κ1) is 36.5. The molecule has 1 amide bonds.